The summed E-state index contributed by atoms with van der Waals surface area (Å²) in [7, 11) is 0. The molecular weight excluding hydrogens is 319 g/mol. The summed E-state index contributed by atoms with van der Waals surface area (Å²) in [5.74, 6) is -1.64. The minimum atomic E-state index is -0.959. The lowest BCUT2D eigenvalue weighted by molar-refractivity contribution is -0.137. The van der Waals surface area contributed by atoms with Gasteiger partial charge in [0.2, 0.25) is 0 Å². The summed E-state index contributed by atoms with van der Waals surface area (Å²) >= 11 is 1.10. The summed E-state index contributed by atoms with van der Waals surface area (Å²) in [5, 5.41) is 9.21. The SMILES string of the molecule is CC(C)N(CCC(=O)O)C(=O)c1cnc(-c2ccccc2F)s1. The number of nitrogens with zero attached hydrogens (tertiary/aromatic N) is 2. The van der Waals surface area contributed by atoms with E-state index >= 15 is 0 Å². The first-order valence-electron chi connectivity index (χ1n) is 7.13. The van der Waals surface area contributed by atoms with Gasteiger partial charge in [0, 0.05) is 18.2 Å². The van der Waals surface area contributed by atoms with Crippen molar-refractivity contribution in [1.29, 1.82) is 0 Å². The van der Waals surface area contributed by atoms with Crippen LogP contribution in [0.3, 0.4) is 0 Å². The van der Waals surface area contributed by atoms with Gasteiger partial charge < -0.3 is 10.0 Å². The second-order valence-corrected chi connectivity index (χ2v) is 6.28. The molecule has 0 saturated heterocycles. The first kappa shape index (κ1) is 17.1. The molecule has 0 aliphatic heterocycles. The first-order chi connectivity index (χ1) is 10.9. The number of carboxylic acid groups (broad SMARTS) is 1. The average Bonchev–Trinajstić information content (AvgIpc) is 2.96. The molecule has 2 aromatic rings. The fourth-order valence-corrected chi connectivity index (χ4v) is 2.98. The molecule has 0 saturated carbocycles. The standard InChI is InChI=1S/C16H17FN2O3S/c1-10(2)19(8-7-14(20)21)16(22)13-9-18-15(23-13)11-5-3-4-6-12(11)17/h3-6,9-10H,7-8H2,1-2H3,(H,20,21). The van der Waals surface area contributed by atoms with Crippen LogP contribution in [0.4, 0.5) is 4.39 Å². The Labute approximate surface area is 137 Å². The minimum Gasteiger partial charge on any atom is -0.481 e. The van der Waals surface area contributed by atoms with E-state index in [0.717, 1.165) is 11.3 Å². The fraction of sp³-hybridized carbons (Fsp3) is 0.312. The molecular formula is C16H17FN2O3S. The van der Waals surface area contributed by atoms with E-state index < -0.39 is 11.8 Å². The first-order valence-corrected chi connectivity index (χ1v) is 7.95. The maximum atomic E-state index is 13.8. The normalized spacial score (nSPS) is 10.8. The smallest absolute Gasteiger partial charge is 0.305 e. The van der Waals surface area contributed by atoms with Crippen LogP contribution >= 0.6 is 11.3 Å². The van der Waals surface area contributed by atoms with E-state index in [4.69, 9.17) is 5.11 Å². The zero-order chi connectivity index (χ0) is 17.0. The van der Waals surface area contributed by atoms with Gasteiger partial charge >= 0.3 is 5.97 Å². The number of hydrogen-bond donors (Lipinski definition) is 1. The number of halogens is 1. The van der Waals surface area contributed by atoms with Crippen molar-refractivity contribution in [1.82, 2.24) is 9.88 Å². The average molecular weight is 336 g/mol. The largest absolute Gasteiger partial charge is 0.481 e. The van der Waals surface area contributed by atoms with Crippen molar-refractivity contribution in [3.63, 3.8) is 0 Å². The summed E-state index contributed by atoms with van der Waals surface area (Å²) in [6.45, 7) is 3.76. The third-order valence-electron chi connectivity index (χ3n) is 3.27. The molecule has 23 heavy (non-hydrogen) atoms. The molecule has 0 aliphatic rings. The van der Waals surface area contributed by atoms with Crippen molar-refractivity contribution in [3.8, 4) is 10.6 Å². The molecule has 5 nitrogen and oxygen atoms in total. The molecule has 0 atom stereocenters. The van der Waals surface area contributed by atoms with Crippen LogP contribution in [0.15, 0.2) is 30.5 Å². The summed E-state index contributed by atoms with van der Waals surface area (Å²) in [6.07, 6.45) is 1.29. The lowest BCUT2D eigenvalue weighted by Gasteiger charge is -2.25. The van der Waals surface area contributed by atoms with Crippen LogP contribution in [-0.4, -0.2) is 39.5 Å². The molecule has 7 heteroatoms. The zero-order valence-electron chi connectivity index (χ0n) is 12.8. The van der Waals surface area contributed by atoms with Gasteiger partial charge in [0.25, 0.3) is 5.91 Å². The van der Waals surface area contributed by atoms with E-state index in [0.29, 0.717) is 15.4 Å². The predicted octanol–water partition coefficient (Wildman–Crippen LogP) is 3.27. The Kier molecular flexibility index (Phi) is 5.44. The highest BCUT2D eigenvalue weighted by atomic mass is 32.1. The number of thiazole rings is 1. The second-order valence-electron chi connectivity index (χ2n) is 5.25. The number of amides is 1. The lowest BCUT2D eigenvalue weighted by atomic mass is 10.2. The monoisotopic (exact) mass is 336 g/mol. The zero-order valence-corrected chi connectivity index (χ0v) is 13.6. The van der Waals surface area contributed by atoms with Gasteiger partial charge in [0.1, 0.15) is 15.7 Å². The van der Waals surface area contributed by atoms with Crippen LogP contribution in [0.5, 0.6) is 0 Å². The van der Waals surface area contributed by atoms with Crippen molar-refractivity contribution in [3.05, 3.63) is 41.2 Å². The topological polar surface area (TPSA) is 70.5 Å². The van der Waals surface area contributed by atoms with E-state index in [-0.39, 0.29) is 24.9 Å². The molecule has 122 valence electrons. The number of rotatable bonds is 6. The fourth-order valence-electron chi connectivity index (χ4n) is 2.08. The van der Waals surface area contributed by atoms with E-state index in [1.54, 1.807) is 18.2 Å². The number of aliphatic carboxylic acids is 1. The number of carbonyl (C=O) groups excluding carboxylic acids is 1. The van der Waals surface area contributed by atoms with Crippen LogP contribution < -0.4 is 0 Å². The molecule has 0 aliphatic carbocycles. The molecule has 0 radical (unpaired) electrons. The highest BCUT2D eigenvalue weighted by Crippen LogP contribution is 2.28. The third-order valence-corrected chi connectivity index (χ3v) is 4.29. The van der Waals surface area contributed by atoms with Crippen molar-refractivity contribution in [2.24, 2.45) is 0 Å². The quantitative estimate of drug-likeness (QED) is 0.879. The van der Waals surface area contributed by atoms with Crippen molar-refractivity contribution < 1.29 is 19.1 Å². The number of hydrogen-bond acceptors (Lipinski definition) is 4. The molecule has 0 bridgehead atoms. The van der Waals surface area contributed by atoms with Gasteiger partial charge in [-0.25, -0.2) is 9.37 Å². The van der Waals surface area contributed by atoms with Crippen molar-refractivity contribution in [2.75, 3.05) is 6.54 Å². The molecule has 0 unspecified atom stereocenters. The number of benzene rings is 1. The number of carboxylic acids is 1. The van der Waals surface area contributed by atoms with Gasteiger partial charge in [-0.2, -0.15) is 0 Å². The molecule has 1 amide bonds. The molecule has 1 N–H and O–H groups in total. The summed E-state index contributed by atoms with van der Waals surface area (Å²) < 4.78 is 13.8. The number of carbonyl (C=O) groups is 2. The molecule has 1 aromatic carbocycles. The summed E-state index contributed by atoms with van der Waals surface area (Å²) in [4.78, 5) is 29.2. The predicted molar refractivity (Wildman–Crippen MR) is 85.9 cm³/mol. The van der Waals surface area contributed by atoms with E-state index in [2.05, 4.69) is 4.98 Å². The second kappa shape index (κ2) is 7.32. The van der Waals surface area contributed by atoms with Crippen LogP contribution in [0.2, 0.25) is 0 Å². The molecule has 0 fully saturated rings. The van der Waals surface area contributed by atoms with Crippen LogP contribution in [0, 0.1) is 5.82 Å². The molecule has 1 heterocycles. The maximum absolute atomic E-state index is 13.8. The Morgan fingerprint density at radius 2 is 2.04 bits per heavy atom. The number of aromatic nitrogens is 1. The van der Waals surface area contributed by atoms with Gasteiger partial charge in [-0.3, -0.25) is 9.59 Å². The van der Waals surface area contributed by atoms with Crippen LogP contribution in [0.25, 0.3) is 10.6 Å². The molecule has 0 spiro atoms. The van der Waals surface area contributed by atoms with Crippen molar-refractivity contribution >= 4 is 23.2 Å². The van der Waals surface area contributed by atoms with Crippen LogP contribution in [0.1, 0.15) is 29.9 Å². The van der Waals surface area contributed by atoms with Crippen LogP contribution in [-0.2, 0) is 4.79 Å². The van der Waals surface area contributed by atoms with Gasteiger partial charge in [0.05, 0.1) is 12.6 Å². The molecule has 1 aromatic heterocycles. The van der Waals surface area contributed by atoms with Gasteiger partial charge in [0.15, 0.2) is 0 Å². The Balaban J connectivity index is 2.22. The van der Waals surface area contributed by atoms with E-state index in [1.807, 2.05) is 13.8 Å². The highest BCUT2D eigenvalue weighted by molar-refractivity contribution is 7.16. The Morgan fingerprint density at radius 1 is 1.35 bits per heavy atom. The highest BCUT2D eigenvalue weighted by Gasteiger charge is 2.22. The summed E-state index contributed by atoms with van der Waals surface area (Å²) in [6, 6.07) is 6.10. The minimum absolute atomic E-state index is 0.122. The Hall–Kier alpha value is -2.28. The Bertz CT molecular complexity index is 715. The summed E-state index contributed by atoms with van der Waals surface area (Å²) in [5.41, 5.74) is 0.346. The maximum Gasteiger partial charge on any atom is 0.305 e. The Morgan fingerprint density at radius 3 is 2.65 bits per heavy atom. The van der Waals surface area contributed by atoms with Gasteiger partial charge in [-0.05, 0) is 26.0 Å². The van der Waals surface area contributed by atoms with Gasteiger partial charge in [-0.15, -0.1) is 11.3 Å². The van der Waals surface area contributed by atoms with E-state index in [9.17, 15) is 14.0 Å². The van der Waals surface area contributed by atoms with Gasteiger partial charge in [-0.1, -0.05) is 12.1 Å². The van der Waals surface area contributed by atoms with E-state index in [1.165, 1.54) is 17.2 Å². The third kappa shape index (κ3) is 4.13. The molecule has 2 rings (SSSR count). The van der Waals surface area contributed by atoms with Crippen molar-refractivity contribution in [2.45, 2.75) is 26.3 Å². The lowest BCUT2D eigenvalue weighted by Crippen LogP contribution is -2.38.